The number of hydrogen-bond donors (Lipinski definition) is 0. The van der Waals surface area contributed by atoms with Crippen LogP contribution < -0.4 is 0 Å². The number of thiazole rings is 1. The Labute approximate surface area is 144 Å². The summed E-state index contributed by atoms with van der Waals surface area (Å²) in [5.41, 5.74) is 2.95. The molecule has 3 aromatic rings. The van der Waals surface area contributed by atoms with Gasteiger partial charge in [-0.25, -0.2) is 17.7 Å². The number of benzene rings is 1. The average Bonchev–Trinajstić information content (AvgIpc) is 3.14. The number of aryl methyl sites for hydroxylation is 2. The van der Waals surface area contributed by atoms with Gasteiger partial charge in [-0.2, -0.15) is 0 Å². The van der Waals surface area contributed by atoms with E-state index in [0.29, 0.717) is 16.3 Å². The summed E-state index contributed by atoms with van der Waals surface area (Å²) in [6.07, 6.45) is 0. The van der Waals surface area contributed by atoms with Gasteiger partial charge >= 0.3 is 0 Å². The number of nitrogens with zero attached hydrogens (tertiary/aromatic N) is 3. The molecule has 8 heteroatoms. The first-order valence-electron chi connectivity index (χ1n) is 7.23. The third-order valence-electron chi connectivity index (χ3n) is 3.67. The van der Waals surface area contributed by atoms with E-state index in [1.54, 1.807) is 24.3 Å². The van der Waals surface area contributed by atoms with Gasteiger partial charge < -0.3 is 4.52 Å². The van der Waals surface area contributed by atoms with Crippen LogP contribution >= 0.6 is 11.3 Å². The summed E-state index contributed by atoms with van der Waals surface area (Å²) in [7, 11) is -0.513. The van der Waals surface area contributed by atoms with Crippen LogP contribution in [-0.2, 0) is 10.0 Å². The molecule has 0 amide bonds. The van der Waals surface area contributed by atoms with Crippen molar-refractivity contribution in [3.63, 3.8) is 0 Å². The highest BCUT2D eigenvalue weighted by Gasteiger charge is 2.23. The van der Waals surface area contributed by atoms with Crippen molar-refractivity contribution in [2.75, 3.05) is 14.1 Å². The summed E-state index contributed by atoms with van der Waals surface area (Å²) in [4.78, 5) is 4.86. The molecular weight excluding hydrogens is 346 g/mol. The summed E-state index contributed by atoms with van der Waals surface area (Å²) in [6.45, 7) is 3.69. The van der Waals surface area contributed by atoms with Gasteiger partial charge in [0.15, 0.2) is 0 Å². The summed E-state index contributed by atoms with van der Waals surface area (Å²) in [6, 6.07) is 6.89. The zero-order chi connectivity index (χ0) is 17.5. The Balaban J connectivity index is 2.13. The molecule has 3 rings (SSSR count). The van der Waals surface area contributed by atoms with Gasteiger partial charge in [-0.05, 0) is 19.9 Å². The Morgan fingerprint density at radius 1 is 1.17 bits per heavy atom. The Morgan fingerprint density at radius 3 is 2.50 bits per heavy atom. The van der Waals surface area contributed by atoms with Crippen LogP contribution in [0.15, 0.2) is 39.1 Å². The molecule has 24 heavy (non-hydrogen) atoms. The lowest BCUT2D eigenvalue weighted by atomic mass is 10.1. The molecule has 0 N–H and O–H groups in total. The number of sulfonamides is 1. The van der Waals surface area contributed by atoms with Crippen LogP contribution in [0.25, 0.3) is 21.8 Å². The highest BCUT2D eigenvalue weighted by Crippen LogP contribution is 2.35. The van der Waals surface area contributed by atoms with Crippen LogP contribution in [-0.4, -0.2) is 37.0 Å². The third kappa shape index (κ3) is 2.77. The van der Waals surface area contributed by atoms with Crippen molar-refractivity contribution in [2.45, 2.75) is 18.7 Å². The van der Waals surface area contributed by atoms with Gasteiger partial charge in [0.25, 0.3) is 0 Å². The van der Waals surface area contributed by atoms with Gasteiger partial charge in [0.05, 0.1) is 21.8 Å². The van der Waals surface area contributed by atoms with E-state index in [1.807, 2.05) is 19.2 Å². The van der Waals surface area contributed by atoms with Crippen LogP contribution in [0, 0.1) is 13.8 Å². The molecule has 0 bridgehead atoms. The van der Waals surface area contributed by atoms with E-state index < -0.39 is 10.0 Å². The van der Waals surface area contributed by atoms with Gasteiger partial charge in [-0.15, -0.1) is 11.3 Å². The molecule has 126 valence electrons. The second-order valence-corrected chi connectivity index (χ2v) is 8.50. The van der Waals surface area contributed by atoms with Crippen LogP contribution in [0.4, 0.5) is 0 Å². The van der Waals surface area contributed by atoms with Crippen LogP contribution in [0.5, 0.6) is 0 Å². The largest absolute Gasteiger partial charge is 0.361 e. The maximum Gasteiger partial charge on any atom is 0.243 e. The Morgan fingerprint density at radius 2 is 1.88 bits per heavy atom. The topological polar surface area (TPSA) is 76.3 Å². The normalized spacial score (nSPS) is 12.0. The quantitative estimate of drug-likeness (QED) is 0.710. The molecule has 0 aliphatic rings. The van der Waals surface area contributed by atoms with Crippen molar-refractivity contribution in [3.8, 4) is 21.8 Å². The minimum absolute atomic E-state index is 0.245. The van der Waals surface area contributed by atoms with Crippen LogP contribution in [0.1, 0.15) is 11.5 Å². The fraction of sp³-hybridized carbons (Fsp3) is 0.250. The summed E-state index contributed by atoms with van der Waals surface area (Å²) in [5, 5.41) is 6.48. The predicted octanol–water partition coefficient (Wildman–Crippen LogP) is 3.33. The first-order chi connectivity index (χ1) is 11.3. The number of aromatic nitrogens is 2. The van der Waals surface area contributed by atoms with Crippen molar-refractivity contribution in [3.05, 3.63) is 41.1 Å². The maximum atomic E-state index is 12.5. The zero-order valence-electron chi connectivity index (χ0n) is 13.8. The lowest BCUT2D eigenvalue weighted by molar-refractivity contribution is 0.393. The van der Waals surface area contributed by atoms with Gasteiger partial charge in [-0.1, -0.05) is 23.4 Å². The smallest absolute Gasteiger partial charge is 0.243 e. The second kappa shape index (κ2) is 6.12. The van der Waals surface area contributed by atoms with E-state index in [0.717, 1.165) is 17.0 Å². The fourth-order valence-corrected chi connectivity index (χ4v) is 4.43. The molecule has 0 aliphatic heterocycles. The Kier molecular flexibility index (Phi) is 4.29. The summed E-state index contributed by atoms with van der Waals surface area (Å²) < 4.78 is 31.5. The van der Waals surface area contributed by atoms with E-state index in [-0.39, 0.29) is 4.90 Å². The highest BCUT2D eigenvalue weighted by atomic mass is 32.2. The molecular formula is C16H17N3O3S2. The Hall–Kier alpha value is -2.03. The zero-order valence-corrected chi connectivity index (χ0v) is 15.4. The van der Waals surface area contributed by atoms with E-state index >= 15 is 0 Å². The standard InChI is InChI=1S/C16H17N3O3S2/c1-10-15(11(2)22-18-10)13-9-23-16(17-13)12-7-5-6-8-14(12)24(20,21)19(3)4/h5-9H,1-4H3. The Bertz CT molecular complexity index is 968. The molecule has 0 unspecified atom stereocenters. The molecule has 2 heterocycles. The SMILES string of the molecule is Cc1noc(C)c1-c1csc(-c2ccccc2S(=O)(=O)N(C)C)n1. The van der Waals surface area contributed by atoms with E-state index in [2.05, 4.69) is 10.1 Å². The molecule has 0 aliphatic carbocycles. The third-order valence-corrected chi connectivity index (χ3v) is 6.42. The lowest BCUT2D eigenvalue weighted by Crippen LogP contribution is -2.22. The summed E-state index contributed by atoms with van der Waals surface area (Å²) in [5.74, 6) is 0.693. The molecule has 0 saturated heterocycles. The van der Waals surface area contributed by atoms with Gasteiger partial charge in [0, 0.05) is 25.0 Å². The predicted molar refractivity (Wildman–Crippen MR) is 93.4 cm³/mol. The molecule has 6 nitrogen and oxygen atoms in total. The van der Waals surface area contributed by atoms with Gasteiger partial charge in [0.2, 0.25) is 10.0 Å². The first kappa shape index (κ1) is 16.8. The number of hydrogen-bond acceptors (Lipinski definition) is 6. The highest BCUT2D eigenvalue weighted by molar-refractivity contribution is 7.89. The van der Waals surface area contributed by atoms with Crippen molar-refractivity contribution >= 4 is 21.4 Å². The molecule has 0 atom stereocenters. The van der Waals surface area contributed by atoms with Crippen LogP contribution in [0.2, 0.25) is 0 Å². The van der Waals surface area contributed by atoms with Crippen molar-refractivity contribution < 1.29 is 12.9 Å². The second-order valence-electron chi connectivity index (χ2n) is 5.52. The van der Waals surface area contributed by atoms with Crippen molar-refractivity contribution in [2.24, 2.45) is 0 Å². The van der Waals surface area contributed by atoms with Crippen LogP contribution in [0.3, 0.4) is 0 Å². The average molecular weight is 363 g/mol. The van der Waals surface area contributed by atoms with E-state index in [9.17, 15) is 8.42 Å². The number of rotatable bonds is 4. The fourth-order valence-electron chi connectivity index (χ4n) is 2.43. The molecule has 0 spiro atoms. The van der Waals surface area contributed by atoms with E-state index in [4.69, 9.17) is 4.52 Å². The minimum atomic E-state index is -3.55. The maximum absolute atomic E-state index is 12.5. The monoisotopic (exact) mass is 363 g/mol. The van der Waals surface area contributed by atoms with Crippen molar-refractivity contribution in [1.29, 1.82) is 0 Å². The molecule has 1 aromatic carbocycles. The van der Waals surface area contributed by atoms with Gasteiger partial charge in [0.1, 0.15) is 10.8 Å². The molecule has 0 saturated carbocycles. The molecule has 2 aromatic heterocycles. The minimum Gasteiger partial charge on any atom is -0.361 e. The lowest BCUT2D eigenvalue weighted by Gasteiger charge is -2.13. The molecule has 0 fully saturated rings. The van der Waals surface area contributed by atoms with E-state index in [1.165, 1.54) is 29.7 Å². The van der Waals surface area contributed by atoms with Crippen molar-refractivity contribution in [1.82, 2.24) is 14.4 Å². The first-order valence-corrected chi connectivity index (χ1v) is 9.55. The van der Waals surface area contributed by atoms with Gasteiger partial charge in [-0.3, -0.25) is 0 Å². The summed E-state index contributed by atoms with van der Waals surface area (Å²) >= 11 is 1.40. The molecule has 0 radical (unpaired) electrons.